The zero-order chi connectivity index (χ0) is 17.0. The first-order chi connectivity index (χ1) is 12.2. The van der Waals surface area contributed by atoms with Crippen LogP contribution >= 0.6 is 0 Å². The number of hydrogen-bond donors (Lipinski definition) is 0. The molecule has 0 spiro atoms. The van der Waals surface area contributed by atoms with Crippen LogP contribution in [0.1, 0.15) is 0 Å². The van der Waals surface area contributed by atoms with Crippen LogP contribution in [-0.2, 0) is 9.59 Å². The second-order valence-electron chi connectivity index (χ2n) is 5.86. The molecular formula is C20H12N2O3. The summed E-state index contributed by atoms with van der Waals surface area (Å²) in [5.74, 6) is 0.320. The highest BCUT2D eigenvalue weighted by Gasteiger charge is 2.30. The highest BCUT2D eigenvalue weighted by Crippen LogP contribution is 2.34. The Morgan fingerprint density at radius 2 is 1.44 bits per heavy atom. The van der Waals surface area contributed by atoms with E-state index in [0.717, 1.165) is 26.8 Å². The van der Waals surface area contributed by atoms with Crippen molar-refractivity contribution >= 4 is 39.5 Å². The maximum Gasteiger partial charge on any atom is 0.259 e. The van der Waals surface area contributed by atoms with Crippen molar-refractivity contribution in [3.63, 3.8) is 0 Å². The summed E-state index contributed by atoms with van der Waals surface area (Å²) in [6.07, 6.45) is 2.56. The molecule has 25 heavy (non-hydrogen) atoms. The molecule has 120 valence electrons. The van der Waals surface area contributed by atoms with E-state index in [1.807, 2.05) is 60.7 Å². The Bertz CT molecular complexity index is 1150. The molecule has 1 aliphatic rings. The topological polar surface area (TPSA) is 55.5 Å². The minimum absolute atomic E-state index is 0.356. The molecule has 0 saturated heterocycles. The van der Waals surface area contributed by atoms with E-state index in [9.17, 15) is 9.59 Å². The third-order valence-corrected chi connectivity index (χ3v) is 4.36. The van der Waals surface area contributed by atoms with Crippen LogP contribution in [0.2, 0.25) is 0 Å². The van der Waals surface area contributed by atoms with Gasteiger partial charge in [-0.25, -0.2) is 4.90 Å². The lowest BCUT2D eigenvalue weighted by Crippen LogP contribution is -2.31. The summed E-state index contributed by atoms with van der Waals surface area (Å²) in [6.45, 7) is 0. The predicted molar refractivity (Wildman–Crippen MR) is 94.7 cm³/mol. The van der Waals surface area contributed by atoms with Crippen molar-refractivity contribution in [1.82, 2.24) is 4.57 Å². The number of aromatic nitrogens is 1. The molecule has 0 fully saturated rings. The normalized spacial score (nSPS) is 14.3. The number of anilines is 1. The number of fused-ring (bicyclic) bond motifs is 2. The molecule has 5 heteroatoms. The van der Waals surface area contributed by atoms with Gasteiger partial charge in [0.05, 0.1) is 5.52 Å². The molecule has 3 heterocycles. The Morgan fingerprint density at radius 1 is 0.760 bits per heavy atom. The average molecular weight is 328 g/mol. The van der Waals surface area contributed by atoms with Crippen molar-refractivity contribution in [1.29, 1.82) is 0 Å². The third kappa shape index (κ3) is 1.96. The van der Waals surface area contributed by atoms with Gasteiger partial charge in [0.1, 0.15) is 11.4 Å². The fourth-order valence-electron chi connectivity index (χ4n) is 3.24. The Balaban J connectivity index is 1.82. The van der Waals surface area contributed by atoms with Crippen LogP contribution in [0.5, 0.6) is 0 Å². The van der Waals surface area contributed by atoms with Crippen molar-refractivity contribution in [3.8, 4) is 5.88 Å². The first kappa shape index (κ1) is 13.8. The van der Waals surface area contributed by atoms with Crippen LogP contribution in [0.15, 0.2) is 77.2 Å². The van der Waals surface area contributed by atoms with Gasteiger partial charge in [0.25, 0.3) is 11.8 Å². The number of rotatable bonds is 2. The van der Waals surface area contributed by atoms with Gasteiger partial charge in [-0.2, -0.15) is 0 Å². The van der Waals surface area contributed by atoms with E-state index < -0.39 is 0 Å². The standard InChI is InChI=1S/C20H12N2O3/c23-18-9-10-19(24)22(18)17-11-13-5-1-3-7-15(13)21(17)20-12-14-6-2-4-8-16(14)25-20/h1-12H. The van der Waals surface area contributed by atoms with Crippen molar-refractivity contribution < 1.29 is 14.0 Å². The number of carbonyl (C=O) groups is 2. The van der Waals surface area contributed by atoms with Crippen molar-refractivity contribution in [2.45, 2.75) is 0 Å². The van der Waals surface area contributed by atoms with Crippen LogP contribution in [0.3, 0.4) is 0 Å². The summed E-state index contributed by atoms with van der Waals surface area (Å²) in [6, 6.07) is 19.1. The lowest BCUT2D eigenvalue weighted by atomic mass is 10.2. The van der Waals surface area contributed by atoms with Crippen LogP contribution in [0.4, 0.5) is 5.82 Å². The molecular weight excluding hydrogens is 316 g/mol. The quantitative estimate of drug-likeness (QED) is 0.526. The number of para-hydroxylation sites is 2. The zero-order valence-corrected chi connectivity index (χ0v) is 13.0. The number of carbonyl (C=O) groups excluding carboxylic acids is 2. The summed E-state index contributed by atoms with van der Waals surface area (Å²) in [5, 5.41) is 1.88. The number of imide groups is 1. The van der Waals surface area contributed by atoms with Crippen LogP contribution < -0.4 is 4.90 Å². The SMILES string of the molecule is O=C1C=CC(=O)N1c1cc2ccccc2n1-c1cc2ccccc2o1. The van der Waals surface area contributed by atoms with Crippen LogP contribution in [-0.4, -0.2) is 16.4 Å². The van der Waals surface area contributed by atoms with Gasteiger partial charge >= 0.3 is 0 Å². The molecule has 2 aromatic heterocycles. The molecule has 1 aliphatic heterocycles. The Labute approximate surface area is 142 Å². The fourth-order valence-corrected chi connectivity index (χ4v) is 3.24. The van der Waals surface area contributed by atoms with E-state index in [-0.39, 0.29) is 11.8 Å². The first-order valence-electron chi connectivity index (χ1n) is 7.88. The second-order valence-corrected chi connectivity index (χ2v) is 5.86. The predicted octanol–water partition coefficient (Wildman–Crippen LogP) is 3.81. The molecule has 0 unspecified atom stereocenters. The van der Waals surface area contributed by atoms with Crippen molar-refractivity contribution in [3.05, 3.63) is 72.8 Å². The molecule has 0 N–H and O–H groups in total. The Hall–Kier alpha value is -3.60. The molecule has 0 saturated carbocycles. The van der Waals surface area contributed by atoms with Crippen molar-refractivity contribution in [2.24, 2.45) is 0 Å². The molecule has 0 atom stereocenters. The smallest absolute Gasteiger partial charge is 0.259 e. The molecule has 0 radical (unpaired) electrons. The number of amides is 2. The summed E-state index contributed by atoms with van der Waals surface area (Å²) < 4.78 is 7.79. The van der Waals surface area contributed by atoms with Gasteiger partial charge in [-0.1, -0.05) is 36.4 Å². The van der Waals surface area contributed by atoms with E-state index >= 15 is 0 Å². The maximum absolute atomic E-state index is 12.2. The Kier molecular flexibility index (Phi) is 2.73. The maximum atomic E-state index is 12.2. The highest BCUT2D eigenvalue weighted by molar-refractivity contribution is 6.28. The molecule has 2 aromatic carbocycles. The van der Waals surface area contributed by atoms with E-state index in [1.54, 1.807) is 4.57 Å². The summed E-state index contributed by atoms with van der Waals surface area (Å²) in [5.41, 5.74) is 1.61. The van der Waals surface area contributed by atoms with Gasteiger partial charge in [-0.05, 0) is 18.2 Å². The average Bonchev–Trinajstić information content (AvgIpc) is 3.28. The van der Waals surface area contributed by atoms with Gasteiger partial charge in [-0.15, -0.1) is 0 Å². The molecule has 4 aromatic rings. The number of hydrogen-bond acceptors (Lipinski definition) is 3. The minimum Gasteiger partial charge on any atom is -0.440 e. The van der Waals surface area contributed by atoms with Gasteiger partial charge in [0, 0.05) is 29.0 Å². The van der Waals surface area contributed by atoms with E-state index in [4.69, 9.17) is 4.42 Å². The van der Waals surface area contributed by atoms with Gasteiger partial charge in [0.15, 0.2) is 0 Å². The molecule has 5 nitrogen and oxygen atoms in total. The summed E-state index contributed by atoms with van der Waals surface area (Å²) in [7, 11) is 0. The number of benzene rings is 2. The number of nitrogens with zero attached hydrogens (tertiary/aromatic N) is 2. The second kappa shape index (κ2) is 4.95. The Morgan fingerprint density at radius 3 is 2.20 bits per heavy atom. The highest BCUT2D eigenvalue weighted by atomic mass is 16.4. The van der Waals surface area contributed by atoms with Gasteiger partial charge < -0.3 is 4.42 Å². The first-order valence-corrected chi connectivity index (χ1v) is 7.88. The van der Waals surface area contributed by atoms with E-state index in [1.165, 1.54) is 12.2 Å². The molecule has 5 rings (SSSR count). The van der Waals surface area contributed by atoms with E-state index in [2.05, 4.69) is 0 Å². The lowest BCUT2D eigenvalue weighted by Gasteiger charge is -2.15. The van der Waals surface area contributed by atoms with Crippen LogP contribution in [0, 0.1) is 0 Å². The van der Waals surface area contributed by atoms with Gasteiger partial charge in [-0.3, -0.25) is 14.2 Å². The van der Waals surface area contributed by atoms with E-state index in [0.29, 0.717) is 11.7 Å². The van der Waals surface area contributed by atoms with Crippen LogP contribution in [0.25, 0.3) is 27.8 Å². The lowest BCUT2D eigenvalue weighted by molar-refractivity contribution is -0.120. The zero-order valence-electron chi connectivity index (χ0n) is 13.0. The largest absolute Gasteiger partial charge is 0.440 e. The monoisotopic (exact) mass is 328 g/mol. The van der Waals surface area contributed by atoms with Crippen molar-refractivity contribution in [2.75, 3.05) is 4.90 Å². The minimum atomic E-state index is -0.356. The molecule has 0 bridgehead atoms. The number of furan rings is 1. The summed E-state index contributed by atoms with van der Waals surface area (Å²) >= 11 is 0. The molecule has 2 amide bonds. The fraction of sp³-hybridized carbons (Fsp3) is 0. The summed E-state index contributed by atoms with van der Waals surface area (Å²) in [4.78, 5) is 25.5. The third-order valence-electron chi connectivity index (χ3n) is 4.36. The van der Waals surface area contributed by atoms with Gasteiger partial charge in [0.2, 0.25) is 5.88 Å². The molecule has 0 aliphatic carbocycles.